The lowest BCUT2D eigenvalue weighted by atomic mass is 10.1. The molecule has 18 heavy (non-hydrogen) atoms. The van der Waals surface area contributed by atoms with Crippen LogP contribution in [0.3, 0.4) is 0 Å². The Morgan fingerprint density at radius 2 is 1.39 bits per heavy atom. The first-order valence-electron chi connectivity index (χ1n) is 6.16. The Kier molecular flexibility index (Phi) is 12.8. The second-order valence-corrected chi connectivity index (χ2v) is 4.64. The van der Waals surface area contributed by atoms with Gasteiger partial charge in [0.2, 0.25) is 5.91 Å². The highest BCUT2D eigenvalue weighted by atomic mass is 32.1. The highest BCUT2D eigenvalue weighted by molar-refractivity contribution is 7.96. The molecule has 0 aromatic heterocycles. The molecule has 2 amide bonds. The van der Waals surface area contributed by atoms with Gasteiger partial charge in [-0.3, -0.25) is 9.59 Å². The first kappa shape index (κ1) is 17.6. The maximum atomic E-state index is 11.0. The van der Waals surface area contributed by atoms with E-state index in [1.807, 2.05) is 0 Å². The van der Waals surface area contributed by atoms with E-state index < -0.39 is 0 Å². The van der Waals surface area contributed by atoms with Crippen LogP contribution in [0.2, 0.25) is 0 Å². The van der Waals surface area contributed by atoms with Gasteiger partial charge in [0.25, 0.3) is 5.24 Å². The van der Waals surface area contributed by atoms with Gasteiger partial charge in [-0.25, -0.2) is 0 Å². The van der Waals surface area contributed by atoms with Crippen molar-refractivity contribution < 1.29 is 13.8 Å². The third-order valence-corrected chi connectivity index (χ3v) is 2.68. The molecule has 0 fully saturated rings. The molecule has 0 spiro atoms. The van der Waals surface area contributed by atoms with E-state index in [1.54, 1.807) is 0 Å². The predicted octanol–water partition coefficient (Wildman–Crippen LogP) is 1.94. The highest BCUT2D eigenvalue weighted by Crippen LogP contribution is 2.04. The minimum Gasteiger partial charge on any atom is -0.354 e. The number of nitrogens with one attached hydrogen (secondary N) is 2. The van der Waals surface area contributed by atoms with Crippen LogP contribution >= 0.6 is 25.5 Å². The molecule has 0 radical (unpaired) electrons. The third kappa shape index (κ3) is 13.7. The molecule has 0 aliphatic rings. The zero-order valence-corrected chi connectivity index (χ0v) is 12.3. The number of amides is 2. The van der Waals surface area contributed by atoms with E-state index in [1.165, 1.54) is 0 Å². The molecule has 5 nitrogen and oxygen atoms in total. The predicted molar refractivity (Wildman–Crippen MR) is 78.0 cm³/mol. The lowest BCUT2D eigenvalue weighted by molar-refractivity contribution is -0.122. The maximum absolute atomic E-state index is 11.0. The van der Waals surface area contributed by atoms with Gasteiger partial charge in [0.15, 0.2) is 0 Å². The fraction of sp³-hybridized carbons (Fsp3) is 0.818. The van der Waals surface area contributed by atoms with Crippen molar-refractivity contribution in [2.24, 2.45) is 0 Å². The molecule has 2 N–H and O–H groups in total. The average molecular weight is 294 g/mol. The van der Waals surface area contributed by atoms with Crippen LogP contribution in [0.1, 0.15) is 38.5 Å². The second kappa shape index (κ2) is 13.0. The summed E-state index contributed by atoms with van der Waals surface area (Å²) in [5, 5.41) is 5.11. The minimum atomic E-state index is -0.268. The van der Waals surface area contributed by atoms with Gasteiger partial charge in [-0.05, 0) is 25.8 Å². The van der Waals surface area contributed by atoms with Crippen molar-refractivity contribution >= 4 is 36.7 Å². The Balaban J connectivity index is 3.07. The Morgan fingerprint density at radius 3 is 1.89 bits per heavy atom. The van der Waals surface area contributed by atoms with E-state index in [9.17, 15) is 9.59 Å². The van der Waals surface area contributed by atoms with Gasteiger partial charge in [0, 0.05) is 13.1 Å². The first-order valence-corrected chi connectivity index (χ1v) is 6.98. The Morgan fingerprint density at radius 1 is 0.889 bits per heavy atom. The molecule has 0 aliphatic carbocycles. The van der Waals surface area contributed by atoms with Crippen molar-refractivity contribution in [3.63, 3.8) is 0 Å². The van der Waals surface area contributed by atoms with E-state index in [0.29, 0.717) is 13.1 Å². The Bertz CT molecular complexity index is 240. The van der Waals surface area contributed by atoms with Gasteiger partial charge in [0.05, 0.1) is 0 Å². The fourth-order valence-corrected chi connectivity index (χ4v) is 1.72. The maximum Gasteiger partial charge on any atom is 0.275 e. The van der Waals surface area contributed by atoms with E-state index in [2.05, 4.69) is 40.4 Å². The molecule has 0 bridgehead atoms. The zero-order valence-electron chi connectivity index (χ0n) is 10.5. The van der Waals surface area contributed by atoms with E-state index >= 15 is 0 Å². The molecule has 0 heterocycles. The topological polar surface area (TPSA) is 67.4 Å². The van der Waals surface area contributed by atoms with Crippen LogP contribution in [0.4, 0.5) is 4.79 Å². The van der Waals surface area contributed by atoms with E-state index in [-0.39, 0.29) is 17.8 Å². The van der Waals surface area contributed by atoms with Crippen LogP contribution in [-0.4, -0.2) is 30.8 Å². The second-order valence-electron chi connectivity index (χ2n) is 3.98. The standard InChI is InChI=1S/C11H22N2O3S2/c14-10(9-16-18)12-7-5-3-1-2-4-6-8-13-11(15)17/h18H,1-9H2,(H,12,14)(H2,13,15,17). The van der Waals surface area contributed by atoms with Crippen molar-refractivity contribution in [2.75, 3.05) is 19.7 Å². The molecule has 7 heteroatoms. The summed E-state index contributed by atoms with van der Waals surface area (Å²) in [6, 6.07) is 0. The summed E-state index contributed by atoms with van der Waals surface area (Å²) < 4.78 is 4.40. The van der Waals surface area contributed by atoms with Crippen LogP contribution in [0, 0.1) is 0 Å². The SMILES string of the molecule is O=C(S)NCCCCCCCCNC(=O)COS. The Labute approximate surface area is 119 Å². The summed E-state index contributed by atoms with van der Waals surface area (Å²) in [4.78, 5) is 21.4. The molecular weight excluding hydrogens is 272 g/mol. The largest absolute Gasteiger partial charge is 0.354 e. The smallest absolute Gasteiger partial charge is 0.275 e. The molecule has 0 saturated heterocycles. The number of carbonyl (C=O) groups excluding carboxylic acids is 2. The van der Waals surface area contributed by atoms with Crippen molar-refractivity contribution in [3.8, 4) is 0 Å². The molecule has 0 aromatic rings. The van der Waals surface area contributed by atoms with Crippen molar-refractivity contribution in [1.82, 2.24) is 10.6 Å². The van der Waals surface area contributed by atoms with E-state index in [4.69, 9.17) is 0 Å². The van der Waals surface area contributed by atoms with Crippen molar-refractivity contribution in [1.29, 1.82) is 0 Å². The fourth-order valence-electron chi connectivity index (χ4n) is 1.49. The summed E-state index contributed by atoms with van der Waals surface area (Å²) in [5.74, 6) is -0.132. The molecule has 0 rings (SSSR count). The Hall–Kier alpha value is -0.400. The average Bonchev–Trinajstić information content (AvgIpc) is 2.31. The van der Waals surface area contributed by atoms with E-state index in [0.717, 1.165) is 38.5 Å². The van der Waals surface area contributed by atoms with Crippen LogP contribution < -0.4 is 10.6 Å². The quantitative estimate of drug-likeness (QED) is 0.267. The number of rotatable bonds is 11. The van der Waals surface area contributed by atoms with Gasteiger partial charge in [-0.2, -0.15) is 0 Å². The first-order chi connectivity index (χ1) is 8.66. The summed E-state index contributed by atoms with van der Waals surface area (Å²) in [7, 11) is 0. The number of carbonyl (C=O) groups is 2. The third-order valence-electron chi connectivity index (χ3n) is 2.40. The summed E-state index contributed by atoms with van der Waals surface area (Å²) in [6.45, 7) is 1.38. The lowest BCUT2D eigenvalue weighted by Crippen LogP contribution is -2.27. The summed E-state index contributed by atoms with van der Waals surface area (Å²) >= 11 is 7.11. The van der Waals surface area contributed by atoms with Crippen LogP contribution in [-0.2, 0) is 8.98 Å². The molecule has 0 aliphatic heterocycles. The monoisotopic (exact) mass is 294 g/mol. The molecular formula is C11H22N2O3S2. The van der Waals surface area contributed by atoms with Gasteiger partial charge < -0.3 is 14.8 Å². The molecule has 0 unspecified atom stereocenters. The number of hydrogen-bond donors (Lipinski definition) is 4. The zero-order chi connectivity index (χ0) is 13.6. The van der Waals surface area contributed by atoms with Crippen LogP contribution in [0.15, 0.2) is 0 Å². The van der Waals surface area contributed by atoms with Gasteiger partial charge in [-0.1, -0.05) is 38.3 Å². The highest BCUT2D eigenvalue weighted by Gasteiger charge is 1.98. The lowest BCUT2D eigenvalue weighted by Gasteiger charge is -2.04. The number of unbranched alkanes of at least 4 members (excludes halogenated alkanes) is 5. The molecule has 0 atom stereocenters. The van der Waals surface area contributed by atoms with Crippen molar-refractivity contribution in [3.05, 3.63) is 0 Å². The normalized spacial score (nSPS) is 10.1. The van der Waals surface area contributed by atoms with Gasteiger partial charge in [0.1, 0.15) is 6.61 Å². The van der Waals surface area contributed by atoms with Crippen LogP contribution in [0.25, 0.3) is 0 Å². The van der Waals surface area contributed by atoms with Gasteiger partial charge in [-0.15, -0.1) is 0 Å². The molecule has 0 saturated carbocycles. The number of hydrogen-bond acceptors (Lipinski definition) is 4. The molecule has 106 valence electrons. The molecule has 0 aromatic carbocycles. The summed E-state index contributed by atoms with van der Waals surface area (Å²) in [5.41, 5.74) is 0. The summed E-state index contributed by atoms with van der Waals surface area (Å²) in [6.07, 6.45) is 6.47. The van der Waals surface area contributed by atoms with Gasteiger partial charge >= 0.3 is 0 Å². The van der Waals surface area contributed by atoms with Crippen LogP contribution in [0.5, 0.6) is 0 Å². The van der Waals surface area contributed by atoms with Crippen molar-refractivity contribution in [2.45, 2.75) is 38.5 Å². The minimum absolute atomic E-state index is 0.0000256. The number of thiol groups is 2.